The largest absolute Gasteiger partial charge is 0.298 e. The molecule has 0 aliphatic rings. The number of nitrogens with zero attached hydrogens (tertiary/aromatic N) is 3. The fraction of sp³-hybridized carbons (Fsp3) is 0.333. The van der Waals surface area contributed by atoms with Crippen LogP contribution in [0.5, 0.6) is 0 Å². The van der Waals surface area contributed by atoms with Gasteiger partial charge in [-0.1, -0.05) is 55.4 Å². The van der Waals surface area contributed by atoms with Crippen molar-refractivity contribution in [2.75, 3.05) is 0 Å². The molecule has 1 aromatic carbocycles. The van der Waals surface area contributed by atoms with Crippen molar-refractivity contribution in [2.45, 2.75) is 37.7 Å². The smallest absolute Gasteiger partial charge is 0.192 e. The molecule has 0 fully saturated rings. The van der Waals surface area contributed by atoms with Gasteiger partial charge in [0.25, 0.3) is 0 Å². The van der Waals surface area contributed by atoms with E-state index in [1.165, 1.54) is 5.56 Å². The van der Waals surface area contributed by atoms with Crippen LogP contribution < -0.4 is 0 Å². The average molecular weight is 273 g/mol. The Labute approximate surface area is 118 Å². The lowest BCUT2D eigenvalue weighted by Crippen LogP contribution is -2.02. The predicted octanol–water partition coefficient (Wildman–Crippen LogP) is 3.94. The Hall–Kier alpha value is -1.55. The molecule has 1 heterocycles. The number of thioether (sulfide) groups is 1. The van der Waals surface area contributed by atoms with E-state index in [-0.39, 0.29) is 0 Å². The second-order valence-electron chi connectivity index (χ2n) is 4.74. The summed E-state index contributed by atoms with van der Waals surface area (Å²) in [7, 11) is 0. The molecule has 2 rings (SSSR count). The number of allylic oxidation sites excluding steroid dienone is 1. The highest BCUT2D eigenvalue weighted by atomic mass is 32.2. The molecule has 3 nitrogen and oxygen atoms in total. The maximum atomic E-state index is 4.34. The summed E-state index contributed by atoms with van der Waals surface area (Å²) in [6, 6.07) is 8.34. The molecule has 0 amide bonds. The van der Waals surface area contributed by atoms with Crippen LogP contribution in [0.25, 0.3) is 11.4 Å². The molecule has 2 aromatic rings. The van der Waals surface area contributed by atoms with Crippen LogP contribution >= 0.6 is 11.8 Å². The molecule has 0 bridgehead atoms. The molecule has 0 N–H and O–H groups in total. The van der Waals surface area contributed by atoms with Crippen molar-refractivity contribution in [1.29, 1.82) is 0 Å². The van der Waals surface area contributed by atoms with Crippen LogP contribution in [0.4, 0.5) is 0 Å². The standard InChI is InChI=1S/C15H19N3S/c1-5-9-18-14(13-8-6-7-12(4)10-13)16-17-15(18)19-11(2)3/h5-8,10-11H,1,9H2,2-4H3. The van der Waals surface area contributed by atoms with E-state index in [9.17, 15) is 0 Å². The predicted molar refractivity (Wildman–Crippen MR) is 81.4 cm³/mol. The molecule has 19 heavy (non-hydrogen) atoms. The van der Waals surface area contributed by atoms with E-state index >= 15 is 0 Å². The normalized spacial score (nSPS) is 10.9. The Morgan fingerprint density at radius 1 is 1.37 bits per heavy atom. The van der Waals surface area contributed by atoms with E-state index in [1.54, 1.807) is 11.8 Å². The number of rotatable bonds is 5. The van der Waals surface area contributed by atoms with Gasteiger partial charge in [-0.25, -0.2) is 0 Å². The third kappa shape index (κ3) is 3.26. The summed E-state index contributed by atoms with van der Waals surface area (Å²) in [5, 5.41) is 10.1. The maximum absolute atomic E-state index is 4.34. The second kappa shape index (κ2) is 6.06. The van der Waals surface area contributed by atoms with Gasteiger partial charge in [0.05, 0.1) is 0 Å². The summed E-state index contributed by atoms with van der Waals surface area (Å²) in [4.78, 5) is 0. The van der Waals surface area contributed by atoms with Crippen LogP contribution in [0.3, 0.4) is 0 Å². The van der Waals surface area contributed by atoms with Crippen LogP contribution in [-0.4, -0.2) is 20.0 Å². The van der Waals surface area contributed by atoms with Gasteiger partial charge in [0.1, 0.15) is 0 Å². The first-order valence-electron chi connectivity index (χ1n) is 6.39. The molecule has 0 aliphatic heterocycles. The maximum Gasteiger partial charge on any atom is 0.192 e. The molecular formula is C15H19N3S. The summed E-state index contributed by atoms with van der Waals surface area (Å²) in [6.45, 7) is 10.9. The number of hydrogen-bond donors (Lipinski definition) is 0. The molecule has 0 atom stereocenters. The minimum Gasteiger partial charge on any atom is -0.298 e. The van der Waals surface area contributed by atoms with Crippen molar-refractivity contribution in [3.8, 4) is 11.4 Å². The number of aryl methyl sites for hydroxylation is 1. The summed E-state index contributed by atoms with van der Waals surface area (Å²) < 4.78 is 2.12. The highest BCUT2D eigenvalue weighted by Gasteiger charge is 2.14. The Balaban J connectivity index is 2.45. The fourth-order valence-corrected chi connectivity index (χ4v) is 2.68. The summed E-state index contributed by atoms with van der Waals surface area (Å²) in [5.41, 5.74) is 2.33. The number of benzene rings is 1. The lowest BCUT2D eigenvalue weighted by Gasteiger charge is -2.09. The topological polar surface area (TPSA) is 30.7 Å². The van der Waals surface area contributed by atoms with Gasteiger partial charge < -0.3 is 0 Å². The summed E-state index contributed by atoms with van der Waals surface area (Å²) in [6.07, 6.45) is 1.88. The van der Waals surface area contributed by atoms with Crippen molar-refractivity contribution in [3.05, 3.63) is 42.5 Å². The zero-order valence-corrected chi connectivity index (χ0v) is 12.4. The zero-order valence-electron chi connectivity index (χ0n) is 11.6. The van der Waals surface area contributed by atoms with Gasteiger partial charge in [0, 0.05) is 17.4 Å². The van der Waals surface area contributed by atoms with Gasteiger partial charge in [-0.15, -0.1) is 16.8 Å². The Morgan fingerprint density at radius 3 is 2.79 bits per heavy atom. The SMILES string of the molecule is C=CCn1c(SC(C)C)nnc1-c1cccc(C)c1. The number of aromatic nitrogens is 3. The fourth-order valence-electron chi connectivity index (χ4n) is 1.88. The van der Waals surface area contributed by atoms with Crippen LogP contribution in [0.2, 0.25) is 0 Å². The molecule has 0 unspecified atom stereocenters. The molecule has 0 saturated heterocycles. The van der Waals surface area contributed by atoms with Crippen LogP contribution in [-0.2, 0) is 6.54 Å². The molecule has 0 radical (unpaired) electrons. The van der Waals surface area contributed by atoms with Crippen molar-refractivity contribution in [3.63, 3.8) is 0 Å². The average Bonchev–Trinajstić information content (AvgIpc) is 2.72. The lowest BCUT2D eigenvalue weighted by atomic mass is 10.1. The number of hydrogen-bond acceptors (Lipinski definition) is 3. The van der Waals surface area contributed by atoms with Gasteiger partial charge >= 0.3 is 0 Å². The van der Waals surface area contributed by atoms with Gasteiger partial charge in [0.15, 0.2) is 11.0 Å². The summed E-state index contributed by atoms with van der Waals surface area (Å²) in [5.74, 6) is 0.909. The molecular weight excluding hydrogens is 254 g/mol. The zero-order chi connectivity index (χ0) is 13.8. The third-order valence-corrected chi connectivity index (χ3v) is 3.63. The molecule has 0 saturated carbocycles. The molecule has 0 aliphatic carbocycles. The van der Waals surface area contributed by atoms with Crippen LogP contribution in [0.1, 0.15) is 19.4 Å². The quantitative estimate of drug-likeness (QED) is 0.610. The minimum absolute atomic E-state index is 0.484. The molecule has 0 spiro atoms. The van der Waals surface area contributed by atoms with Crippen molar-refractivity contribution >= 4 is 11.8 Å². The van der Waals surface area contributed by atoms with E-state index in [4.69, 9.17) is 0 Å². The van der Waals surface area contributed by atoms with Crippen molar-refractivity contribution in [2.24, 2.45) is 0 Å². The Morgan fingerprint density at radius 2 is 2.16 bits per heavy atom. The highest BCUT2D eigenvalue weighted by Crippen LogP contribution is 2.26. The third-order valence-electron chi connectivity index (χ3n) is 2.65. The Kier molecular flexibility index (Phi) is 4.43. The first-order valence-corrected chi connectivity index (χ1v) is 7.27. The van der Waals surface area contributed by atoms with E-state index in [2.05, 4.69) is 60.3 Å². The monoisotopic (exact) mass is 273 g/mol. The summed E-state index contributed by atoms with van der Waals surface area (Å²) >= 11 is 1.73. The highest BCUT2D eigenvalue weighted by molar-refractivity contribution is 7.99. The molecule has 1 aromatic heterocycles. The van der Waals surface area contributed by atoms with Crippen molar-refractivity contribution < 1.29 is 0 Å². The van der Waals surface area contributed by atoms with E-state index in [0.29, 0.717) is 5.25 Å². The van der Waals surface area contributed by atoms with Gasteiger partial charge in [-0.2, -0.15) is 0 Å². The van der Waals surface area contributed by atoms with E-state index in [1.807, 2.05) is 12.1 Å². The van der Waals surface area contributed by atoms with Crippen LogP contribution in [0, 0.1) is 6.92 Å². The molecule has 100 valence electrons. The minimum atomic E-state index is 0.484. The van der Waals surface area contributed by atoms with E-state index < -0.39 is 0 Å². The van der Waals surface area contributed by atoms with Crippen molar-refractivity contribution in [1.82, 2.24) is 14.8 Å². The second-order valence-corrected chi connectivity index (χ2v) is 6.29. The van der Waals surface area contributed by atoms with Gasteiger partial charge in [0.2, 0.25) is 0 Å². The first kappa shape index (κ1) is 13.9. The van der Waals surface area contributed by atoms with E-state index in [0.717, 1.165) is 23.1 Å². The molecule has 4 heteroatoms. The van der Waals surface area contributed by atoms with Gasteiger partial charge in [-0.3, -0.25) is 4.57 Å². The van der Waals surface area contributed by atoms with Crippen LogP contribution in [0.15, 0.2) is 42.1 Å². The first-order chi connectivity index (χ1) is 9.11. The van der Waals surface area contributed by atoms with Gasteiger partial charge in [-0.05, 0) is 13.0 Å². The lowest BCUT2D eigenvalue weighted by molar-refractivity contribution is 0.729. The Bertz CT molecular complexity index is 573.